The highest BCUT2D eigenvalue weighted by molar-refractivity contribution is 5.98. The van der Waals surface area contributed by atoms with E-state index in [0.29, 0.717) is 37.7 Å². The number of fused-ring (bicyclic) bond motifs is 1. The first-order valence-electron chi connectivity index (χ1n) is 6.81. The fourth-order valence-corrected chi connectivity index (χ4v) is 3.16. The number of aliphatic hydroxyl groups is 1. The average molecular weight is 277 g/mol. The molecule has 0 radical (unpaired) electrons. The zero-order valence-corrected chi connectivity index (χ0v) is 11.5. The monoisotopic (exact) mass is 277 g/mol. The number of aliphatic hydroxyl groups excluding tert-OH is 1. The highest BCUT2D eigenvalue weighted by Gasteiger charge is 2.51. The maximum atomic E-state index is 12.6. The van der Waals surface area contributed by atoms with E-state index >= 15 is 0 Å². The van der Waals surface area contributed by atoms with Crippen molar-refractivity contribution < 1.29 is 14.6 Å². The van der Waals surface area contributed by atoms with Gasteiger partial charge in [0, 0.05) is 37.7 Å². The molecule has 0 unspecified atom stereocenters. The largest absolute Gasteiger partial charge is 0.396 e. The first-order valence-corrected chi connectivity index (χ1v) is 6.81. The van der Waals surface area contributed by atoms with Gasteiger partial charge < -0.3 is 20.1 Å². The molecule has 1 amide bonds. The molecule has 108 valence electrons. The minimum atomic E-state index is -0.280. The first kappa shape index (κ1) is 13.3. The molecule has 6 nitrogen and oxygen atoms in total. The van der Waals surface area contributed by atoms with E-state index in [1.807, 2.05) is 0 Å². The van der Waals surface area contributed by atoms with Gasteiger partial charge in [0.15, 0.2) is 0 Å². The van der Waals surface area contributed by atoms with Crippen LogP contribution in [0.4, 0.5) is 5.82 Å². The lowest BCUT2D eigenvalue weighted by Crippen LogP contribution is -2.36. The predicted octanol–water partition coefficient (Wildman–Crippen LogP) is 0.204. The normalized spacial score (nSPS) is 28.5. The number of likely N-dealkylation sites (tertiary alicyclic amines) is 1. The van der Waals surface area contributed by atoms with E-state index < -0.39 is 0 Å². The van der Waals surface area contributed by atoms with Gasteiger partial charge in [0.2, 0.25) is 0 Å². The maximum Gasteiger partial charge on any atom is 0.257 e. The van der Waals surface area contributed by atoms with E-state index in [-0.39, 0.29) is 23.8 Å². The Morgan fingerprint density at radius 3 is 3.25 bits per heavy atom. The first-order chi connectivity index (χ1) is 9.70. The fraction of sp³-hybridized carbons (Fsp3) is 0.571. The summed E-state index contributed by atoms with van der Waals surface area (Å²) in [7, 11) is 1.75. The number of rotatable bonds is 3. The number of hydrogen-bond acceptors (Lipinski definition) is 5. The molecule has 1 aromatic heterocycles. The minimum Gasteiger partial charge on any atom is -0.396 e. The number of hydrogen-bond donors (Lipinski definition) is 2. The van der Waals surface area contributed by atoms with Gasteiger partial charge in [0.05, 0.1) is 25.4 Å². The summed E-state index contributed by atoms with van der Waals surface area (Å²) in [6.45, 7) is 2.40. The van der Waals surface area contributed by atoms with Crippen LogP contribution in [0.3, 0.4) is 0 Å². The molecule has 3 rings (SSSR count). The Kier molecular flexibility index (Phi) is 3.35. The number of ether oxygens (including phenoxy) is 1. The summed E-state index contributed by atoms with van der Waals surface area (Å²) >= 11 is 0. The van der Waals surface area contributed by atoms with Crippen molar-refractivity contribution >= 4 is 11.7 Å². The Morgan fingerprint density at radius 2 is 2.55 bits per heavy atom. The van der Waals surface area contributed by atoms with E-state index in [9.17, 15) is 9.90 Å². The lowest BCUT2D eigenvalue weighted by Gasteiger charge is -2.24. The van der Waals surface area contributed by atoms with Gasteiger partial charge in [-0.2, -0.15) is 0 Å². The molecule has 0 bridgehead atoms. The number of pyridine rings is 1. The molecular weight excluding hydrogens is 258 g/mol. The van der Waals surface area contributed by atoms with Crippen molar-refractivity contribution in [1.29, 1.82) is 0 Å². The van der Waals surface area contributed by atoms with Crippen LogP contribution in [0.25, 0.3) is 0 Å². The topological polar surface area (TPSA) is 74.7 Å². The molecule has 1 aromatic rings. The number of nitrogens with zero attached hydrogens (tertiary/aromatic N) is 2. The number of nitrogens with one attached hydrogen (secondary N) is 1. The van der Waals surface area contributed by atoms with Crippen molar-refractivity contribution in [2.24, 2.45) is 11.3 Å². The van der Waals surface area contributed by atoms with E-state index in [2.05, 4.69) is 10.3 Å². The molecule has 2 fully saturated rings. The van der Waals surface area contributed by atoms with Crippen LogP contribution in [0.5, 0.6) is 0 Å². The molecule has 6 heteroatoms. The second kappa shape index (κ2) is 5.03. The van der Waals surface area contributed by atoms with Gasteiger partial charge in [-0.05, 0) is 12.1 Å². The lowest BCUT2D eigenvalue weighted by molar-refractivity contribution is 0.0631. The molecule has 2 atom stereocenters. The zero-order chi connectivity index (χ0) is 14.2. The molecule has 2 saturated heterocycles. The Bertz CT molecular complexity index is 522. The second-order valence-corrected chi connectivity index (χ2v) is 5.57. The molecule has 2 aliphatic heterocycles. The second-order valence-electron chi connectivity index (χ2n) is 5.57. The molecular formula is C14H19N3O3. The molecule has 2 aliphatic rings. The van der Waals surface area contributed by atoms with E-state index in [0.717, 1.165) is 0 Å². The quantitative estimate of drug-likeness (QED) is 0.826. The summed E-state index contributed by atoms with van der Waals surface area (Å²) in [6.07, 6.45) is 1.66. The molecule has 20 heavy (non-hydrogen) atoms. The van der Waals surface area contributed by atoms with Crippen molar-refractivity contribution in [3.05, 3.63) is 23.9 Å². The summed E-state index contributed by atoms with van der Waals surface area (Å²) in [5.41, 5.74) is 0.293. The Hall–Kier alpha value is -1.66. The standard InChI is InChI=1S/C14H19N3O3/c1-15-12-11(3-2-4-16-12)13(19)17-5-10-6-20-9-14(10,7-17)8-18/h2-4,10,18H,5-9H2,1H3,(H,15,16)/t10-,14-/m0/s1. The number of aromatic nitrogens is 1. The van der Waals surface area contributed by atoms with Crippen molar-refractivity contribution in [3.8, 4) is 0 Å². The van der Waals surface area contributed by atoms with E-state index in [4.69, 9.17) is 4.74 Å². The van der Waals surface area contributed by atoms with Crippen molar-refractivity contribution in [1.82, 2.24) is 9.88 Å². The Labute approximate surface area is 117 Å². The van der Waals surface area contributed by atoms with Crippen molar-refractivity contribution in [3.63, 3.8) is 0 Å². The van der Waals surface area contributed by atoms with Gasteiger partial charge in [-0.15, -0.1) is 0 Å². The van der Waals surface area contributed by atoms with Gasteiger partial charge in [-0.1, -0.05) is 0 Å². The van der Waals surface area contributed by atoms with Crippen LogP contribution in [-0.4, -0.2) is 60.9 Å². The molecule has 2 N–H and O–H groups in total. The number of carbonyl (C=O) groups excluding carboxylic acids is 1. The summed E-state index contributed by atoms with van der Waals surface area (Å²) in [5.74, 6) is 0.777. The maximum absolute atomic E-state index is 12.6. The summed E-state index contributed by atoms with van der Waals surface area (Å²) < 4.78 is 5.46. The van der Waals surface area contributed by atoms with Crippen LogP contribution in [0.1, 0.15) is 10.4 Å². The lowest BCUT2D eigenvalue weighted by atomic mass is 9.82. The van der Waals surface area contributed by atoms with Crippen LogP contribution in [0, 0.1) is 11.3 Å². The fourth-order valence-electron chi connectivity index (χ4n) is 3.16. The van der Waals surface area contributed by atoms with Crippen LogP contribution in [0.15, 0.2) is 18.3 Å². The molecule has 0 aromatic carbocycles. The van der Waals surface area contributed by atoms with Crippen molar-refractivity contribution in [2.75, 3.05) is 45.3 Å². The average Bonchev–Trinajstić information content (AvgIpc) is 3.03. The Morgan fingerprint density at radius 1 is 1.70 bits per heavy atom. The number of amides is 1. The molecule has 0 spiro atoms. The van der Waals surface area contributed by atoms with Gasteiger partial charge >= 0.3 is 0 Å². The zero-order valence-electron chi connectivity index (χ0n) is 11.5. The summed E-state index contributed by atoms with van der Waals surface area (Å²) in [4.78, 5) is 18.6. The summed E-state index contributed by atoms with van der Waals surface area (Å²) in [5, 5.41) is 12.6. The summed E-state index contributed by atoms with van der Waals surface area (Å²) in [6, 6.07) is 3.54. The highest BCUT2D eigenvalue weighted by Crippen LogP contribution is 2.41. The van der Waals surface area contributed by atoms with Crippen LogP contribution in [0.2, 0.25) is 0 Å². The third-order valence-corrected chi connectivity index (χ3v) is 4.40. The smallest absolute Gasteiger partial charge is 0.257 e. The van der Waals surface area contributed by atoms with Crippen LogP contribution in [-0.2, 0) is 4.74 Å². The molecule has 0 aliphatic carbocycles. The molecule has 0 saturated carbocycles. The van der Waals surface area contributed by atoms with Crippen LogP contribution >= 0.6 is 0 Å². The van der Waals surface area contributed by atoms with E-state index in [1.165, 1.54) is 0 Å². The number of anilines is 1. The minimum absolute atomic E-state index is 0.0373. The van der Waals surface area contributed by atoms with Gasteiger partial charge in [0.1, 0.15) is 5.82 Å². The Balaban J connectivity index is 1.83. The van der Waals surface area contributed by atoms with E-state index in [1.54, 1.807) is 30.3 Å². The number of carbonyl (C=O) groups is 1. The van der Waals surface area contributed by atoms with Gasteiger partial charge in [-0.3, -0.25) is 4.79 Å². The SMILES string of the molecule is CNc1ncccc1C(=O)N1C[C@H]2COC[C@@]2(CO)C1. The predicted molar refractivity (Wildman–Crippen MR) is 73.5 cm³/mol. The van der Waals surface area contributed by atoms with Gasteiger partial charge in [-0.25, -0.2) is 4.98 Å². The van der Waals surface area contributed by atoms with Gasteiger partial charge in [0.25, 0.3) is 5.91 Å². The third-order valence-electron chi connectivity index (χ3n) is 4.40. The third kappa shape index (κ3) is 1.96. The molecule has 3 heterocycles. The van der Waals surface area contributed by atoms with Crippen LogP contribution < -0.4 is 5.32 Å². The van der Waals surface area contributed by atoms with Crippen molar-refractivity contribution in [2.45, 2.75) is 0 Å². The highest BCUT2D eigenvalue weighted by atomic mass is 16.5.